The Morgan fingerprint density at radius 2 is 2.10 bits per heavy atom. The lowest BCUT2D eigenvalue weighted by Crippen LogP contribution is -1.91. The van der Waals surface area contributed by atoms with Crippen LogP contribution in [0.2, 0.25) is 0 Å². The van der Waals surface area contributed by atoms with Gasteiger partial charge in [0.05, 0.1) is 19.6 Å². The number of nitrogens with zero attached hydrogens (tertiary/aromatic N) is 3. The van der Waals surface area contributed by atoms with Crippen LogP contribution in [0.1, 0.15) is 5.56 Å². The van der Waals surface area contributed by atoms with Crippen molar-refractivity contribution in [3.05, 3.63) is 62.6 Å². The smallest absolute Gasteiger partial charge is 0.258 e. The van der Waals surface area contributed by atoms with Gasteiger partial charge in [-0.25, -0.2) is 9.98 Å². The summed E-state index contributed by atoms with van der Waals surface area (Å²) < 4.78 is 1.51. The summed E-state index contributed by atoms with van der Waals surface area (Å²) in [5.41, 5.74) is 1.57. The molecule has 0 N–H and O–H groups in total. The zero-order chi connectivity index (χ0) is 14.8. The topological polar surface area (TPSA) is 68.4 Å². The van der Waals surface area contributed by atoms with Gasteiger partial charge in [0.15, 0.2) is 0 Å². The minimum absolute atomic E-state index is 0.0169. The lowest BCUT2D eigenvalue weighted by atomic mass is 10.2. The molecule has 1 heterocycles. The third-order valence-corrected chi connectivity index (χ3v) is 4.39. The van der Waals surface area contributed by atoms with E-state index in [0.717, 1.165) is 10.2 Å². The summed E-state index contributed by atoms with van der Waals surface area (Å²) >= 11 is 4.63. The van der Waals surface area contributed by atoms with Crippen LogP contribution in [0.5, 0.6) is 0 Å². The highest BCUT2D eigenvalue weighted by Gasteiger charge is 2.11. The van der Waals surface area contributed by atoms with Gasteiger partial charge in [0.1, 0.15) is 0 Å². The van der Waals surface area contributed by atoms with Crippen molar-refractivity contribution in [3.8, 4) is 0 Å². The molecule has 0 radical (unpaired) electrons. The van der Waals surface area contributed by atoms with Gasteiger partial charge in [0, 0.05) is 12.3 Å². The van der Waals surface area contributed by atoms with E-state index in [1.54, 1.807) is 18.3 Å². The minimum Gasteiger partial charge on any atom is -0.258 e. The third-order valence-electron chi connectivity index (χ3n) is 2.77. The van der Waals surface area contributed by atoms with Crippen molar-refractivity contribution in [3.63, 3.8) is 0 Å². The average molecular weight is 362 g/mol. The molecule has 0 fully saturated rings. The zero-order valence-corrected chi connectivity index (χ0v) is 13.0. The summed E-state index contributed by atoms with van der Waals surface area (Å²) in [5, 5.41) is 11.5. The molecule has 1 aromatic heterocycles. The molecule has 3 rings (SSSR count). The van der Waals surface area contributed by atoms with Crippen molar-refractivity contribution in [2.45, 2.75) is 0 Å². The number of nitro groups is 1. The predicted molar refractivity (Wildman–Crippen MR) is 87.7 cm³/mol. The Kier molecular flexibility index (Phi) is 3.76. The van der Waals surface area contributed by atoms with Crippen molar-refractivity contribution in [2.24, 2.45) is 4.99 Å². The van der Waals surface area contributed by atoms with Gasteiger partial charge >= 0.3 is 0 Å². The van der Waals surface area contributed by atoms with Crippen molar-refractivity contribution < 1.29 is 4.92 Å². The maximum absolute atomic E-state index is 10.9. The fraction of sp³-hybridized carbons (Fsp3) is 0. The molecule has 0 unspecified atom stereocenters. The molecule has 104 valence electrons. The highest BCUT2D eigenvalue weighted by molar-refractivity contribution is 9.10. The SMILES string of the molecule is O=[N+]([O-])c1cc(/C=N/c2nc3ccccc3s2)ccc1Br. The Hall–Kier alpha value is -2.12. The number of para-hydroxylation sites is 1. The number of benzene rings is 2. The summed E-state index contributed by atoms with van der Waals surface area (Å²) in [7, 11) is 0. The van der Waals surface area contributed by atoms with Gasteiger partial charge in [-0.3, -0.25) is 10.1 Å². The normalized spacial score (nSPS) is 11.3. The summed E-state index contributed by atoms with van der Waals surface area (Å²) in [6.45, 7) is 0. The van der Waals surface area contributed by atoms with Crippen LogP contribution < -0.4 is 0 Å². The van der Waals surface area contributed by atoms with Crippen molar-refractivity contribution >= 4 is 54.5 Å². The number of aromatic nitrogens is 1. The molecule has 21 heavy (non-hydrogen) atoms. The molecule has 0 saturated heterocycles. The summed E-state index contributed by atoms with van der Waals surface area (Å²) in [6, 6.07) is 12.7. The van der Waals surface area contributed by atoms with Crippen LogP contribution in [0.4, 0.5) is 10.8 Å². The molecule has 0 aliphatic rings. The van der Waals surface area contributed by atoms with E-state index in [1.807, 2.05) is 24.3 Å². The molecule has 7 heteroatoms. The van der Waals surface area contributed by atoms with Crippen molar-refractivity contribution in [2.75, 3.05) is 0 Å². The van der Waals surface area contributed by atoms with E-state index in [1.165, 1.54) is 17.4 Å². The second-order valence-electron chi connectivity index (χ2n) is 4.19. The second kappa shape index (κ2) is 5.71. The Balaban J connectivity index is 1.92. The molecule has 5 nitrogen and oxygen atoms in total. The fourth-order valence-electron chi connectivity index (χ4n) is 1.79. The molecular formula is C14H8BrN3O2S. The lowest BCUT2D eigenvalue weighted by molar-refractivity contribution is -0.385. The number of hydrogen-bond acceptors (Lipinski definition) is 5. The monoisotopic (exact) mass is 361 g/mol. The van der Waals surface area contributed by atoms with E-state index in [9.17, 15) is 10.1 Å². The summed E-state index contributed by atoms with van der Waals surface area (Å²) in [4.78, 5) is 19.1. The fourth-order valence-corrected chi connectivity index (χ4v) is 3.00. The van der Waals surface area contributed by atoms with Gasteiger partial charge in [0.2, 0.25) is 5.13 Å². The predicted octanol–water partition coefficient (Wildman–Crippen LogP) is 4.72. The number of halogens is 1. The average Bonchev–Trinajstić information content (AvgIpc) is 2.89. The maximum Gasteiger partial charge on any atom is 0.284 e. The van der Waals surface area contributed by atoms with E-state index < -0.39 is 4.92 Å². The van der Waals surface area contributed by atoms with Gasteiger partial charge in [-0.1, -0.05) is 29.5 Å². The molecule has 0 saturated carbocycles. The molecule has 0 aliphatic heterocycles. The quantitative estimate of drug-likeness (QED) is 0.385. The number of nitro benzene ring substituents is 1. The summed E-state index contributed by atoms with van der Waals surface area (Å²) in [5.74, 6) is 0. The van der Waals surface area contributed by atoms with Crippen LogP contribution >= 0.6 is 27.3 Å². The maximum atomic E-state index is 10.9. The van der Waals surface area contributed by atoms with Gasteiger partial charge in [0.25, 0.3) is 5.69 Å². The molecule has 0 bridgehead atoms. The van der Waals surface area contributed by atoms with Gasteiger partial charge < -0.3 is 0 Å². The minimum atomic E-state index is -0.431. The molecule has 2 aromatic carbocycles. The van der Waals surface area contributed by atoms with Crippen molar-refractivity contribution in [1.82, 2.24) is 4.98 Å². The third kappa shape index (κ3) is 2.98. The second-order valence-corrected chi connectivity index (χ2v) is 6.05. The van der Waals surface area contributed by atoms with Gasteiger partial charge in [-0.2, -0.15) is 0 Å². The summed E-state index contributed by atoms with van der Waals surface area (Å²) in [6.07, 6.45) is 1.58. The van der Waals surface area contributed by atoms with Crippen molar-refractivity contribution in [1.29, 1.82) is 0 Å². The van der Waals surface area contributed by atoms with E-state index in [0.29, 0.717) is 15.2 Å². The largest absolute Gasteiger partial charge is 0.284 e. The van der Waals surface area contributed by atoms with Crippen LogP contribution in [-0.4, -0.2) is 16.1 Å². The van der Waals surface area contributed by atoms with Crippen LogP contribution in [0.3, 0.4) is 0 Å². The standard InChI is InChI=1S/C14H8BrN3O2S/c15-10-6-5-9(7-12(10)18(19)20)8-16-14-17-11-3-1-2-4-13(11)21-14/h1-8H/b16-8+. The van der Waals surface area contributed by atoms with E-state index in [-0.39, 0.29) is 5.69 Å². The molecular weight excluding hydrogens is 354 g/mol. The zero-order valence-electron chi connectivity index (χ0n) is 10.6. The number of rotatable bonds is 3. The van der Waals surface area contributed by atoms with E-state index in [4.69, 9.17) is 0 Å². The molecule has 0 atom stereocenters. The highest BCUT2D eigenvalue weighted by atomic mass is 79.9. The Morgan fingerprint density at radius 3 is 2.86 bits per heavy atom. The molecule has 3 aromatic rings. The first-order chi connectivity index (χ1) is 10.1. The first-order valence-electron chi connectivity index (χ1n) is 5.97. The van der Waals surface area contributed by atoms with Gasteiger partial charge in [-0.15, -0.1) is 0 Å². The Morgan fingerprint density at radius 1 is 1.29 bits per heavy atom. The number of thiazole rings is 1. The first kappa shape index (κ1) is 13.8. The van der Waals surface area contributed by atoms with Crippen LogP contribution in [0, 0.1) is 10.1 Å². The molecule has 0 aliphatic carbocycles. The van der Waals surface area contributed by atoms with Crippen LogP contribution in [-0.2, 0) is 0 Å². The lowest BCUT2D eigenvalue weighted by Gasteiger charge is -1.96. The van der Waals surface area contributed by atoms with Crippen LogP contribution in [0.15, 0.2) is 51.9 Å². The molecule has 0 amide bonds. The van der Waals surface area contributed by atoms with Crippen LogP contribution in [0.25, 0.3) is 10.2 Å². The van der Waals surface area contributed by atoms with E-state index >= 15 is 0 Å². The highest BCUT2D eigenvalue weighted by Crippen LogP contribution is 2.28. The number of fused-ring (bicyclic) bond motifs is 1. The molecule has 0 spiro atoms. The van der Waals surface area contributed by atoms with Gasteiger partial charge in [-0.05, 0) is 39.7 Å². The Bertz CT molecular complexity index is 827. The number of hydrogen-bond donors (Lipinski definition) is 0. The Labute approximate surface area is 132 Å². The first-order valence-corrected chi connectivity index (χ1v) is 7.58. The van der Waals surface area contributed by atoms with E-state index in [2.05, 4.69) is 25.9 Å². The number of aliphatic imine (C=N–C) groups is 1.